The molecule has 7 nitrogen and oxygen atoms in total. The van der Waals surface area contributed by atoms with Gasteiger partial charge in [-0.2, -0.15) is 5.10 Å². The normalized spacial score (nSPS) is 10.5. The molecule has 0 saturated heterocycles. The largest absolute Gasteiger partial charge is 0.423 e. The summed E-state index contributed by atoms with van der Waals surface area (Å²) in [6.45, 7) is 1.83. The minimum atomic E-state index is -0.887. The highest BCUT2D eigenvalue weighted by Crippen LogP contribution is 2.17. The fraction of sp³-hybridized carbons (Fsp3) is 0.0435. The number of amides is 2. The third kappa shape index (κ3) is 6.22. The monoisotopic (exact) mass is 527 g/mol. The number of hydrogen-bond acceptors (Lipinski definition) is 5. The second kappa shape index (κ2) is 10.5. The summed E-state index contributed by atoms with van der Waals surface area (Å²) in [5.41, 5.74) is 4.71. The molecular weight excluding hydrogens is 509 g/mol. The van der Waals surface area contributed by atoms with E-state index in [1.165, 1.54) is 6.21 Å². The first-order valence-corrected chi connectivity index (χ1v) is 10.3. The van der Waals surface area contributed by atoms with Crippen LogP contribution in [0.25, 0.3) is 0 Å². The van der Waals surface area contributed by atoms with Crippen LogP contribution in [0.4, 0.5) is 5.69 Å². The molecule has 0 aliphatic heterocycles. The van der Waals surface area contributed by atoms with Crippen molar-refractivity contribution in [3.63, 3.8) is 0 Å². The van der Waals surface area contributed by atoms with Crippen LogP contribution in [-0.4, -0.2) is 24.0 Å². The highest BCUT2D eigenvalue weighted by Gasteiger charge is 2.14. The highest BCUT2D eigenvalue weighted by molar-refractivity contribution is 14.1. The van der Waals surface area contributed by atoms with E-state index in [-0.39, 0.29) is 0 Å². The summed E-state index contributed by atoms with van der Waals surface area (Å²) >= 11 is 2.07. The van der Waals surface area contributed by atoms with E-state index in [4.69, 9.17) is 4.74 Å². The average molecular weight is 527 g/mol. The summed E-state index contributed by atoms with van der Waals surface area (Å²) < 4.78 is 6.17. The van der Waals surface area contributed by atoms with Crippen LogP contribution >= 0.6 is 22.6 Å². The Morgan fingerprint density at radius 2 is 1.58 bits per heavy atom. The van der Waals surface area contributed by atoms with Crippen LogP contribution in [0.2, 0.25) is 0 Å². The molecule has 31 heavy (non-hydrogen) atoms. The SMILES string of the molecule is Cc1ccccc1NC(=O)C(=O)N/N=C\c1ccc(OC(=O)c2ccccc2I)cc1. The number of hydrazone groups is 1. The van der Waals surface area contributed by atoms with Crippen molar-refractivity contribution in [1.29, 1.82) is 0 Å². The molecule has 3 aromatic rings. The minimum Gasteiger partial charge on any atom is -0.423 e. The maximum atomic E-state index is 12.2. The molecule has 0 fully saturated rings. The molecule has 8 heteroatoms. The first kappa shape index (κ1) is 22.2. The number of rotatable bonds is 5. The molecule has 0 atom stereocenters. The van der Waals surface area contributed by atoms with Crippen LogP contribution in [0.15, 0.2) is 77.9 Å². The molecular formula is C23H18IN3O4. The summed E-state index contributed by atoms with van der Waals surface area (Å²) in [4.78, 5) is 36.1. The van der Waals surface area contributed by atoms with Gasteiger partial charge >= 0.3 is 17.8 Å². The molecule has 3 aromatic carbocycles. The van der Waals surface area contributed by atoms with E-state index in [0.717, 1.165) is 9.13 Å². The van der Waals surface area contributed by atoms with Crippen molar-refractivity contribution < 1.29 is 19.1 Å². The minimum absolute atomic E-state index is 0.378. The first-order valence-electron chi connectivity index (χ1n) is 9.21. The first-order chi connectivity index (χ1) is 14.9. The van der Waals surface area contributed by atoms with E-state index in [9.17, 15) is 14.4 Å². The van der Waals surface area contributed by atoms with Gasteiger partial charge in [0, 0.05) is 9.26 Å². The lowest BCUT2D eigenvalue weighted by molar-refractivity contribution is -0.136. The zero-order valence-corrected chi connectivity index (χ0v) is 18.6. The topological polar surface area (TPSA) is 96.9 Å². The molecule has 0 aliphatic rings. The van der Waals surface area contributed by atoms with E-state index in [0.29, 0.717) is 22.6 Å². The van der Waals surface area contributed by atoms with Crippen LogP contribution in [-0.2, 0) is 9.59 Å². The van der Waals surface area contributed by atoms with Gasteiger partial charge in [0.05, 0.1) is 11.8 Å². The van der Waals surface area contributed by atoms with Gasteiger partial charge in [-0.25, -0.2) is 10.2 Å². The molecule has 0 saturated carbocycles. The molecule has 0 bridgehead atoms. The van der Waals surface area contributed by atoms with Crippen molar-refractivity contribution in [1.82, 2.24) is 5.43 Å². The van der Waals surface area contributed by atoms with Gasteiger partial charge in [0.1, 0.15) is 5.75 Å². The maximum Gasteiger partial charge on any atom is 0.344 e. The number of anilines is 1. The lowest BCUT2D eigenvalue weighted by atomic mass is 10.2. The van der Waals surface area contributed by atoms with Crippen LogP contribution in [0.3, 0.4) is 0 Å². The maximum absolute atomic E-state index is 12.2. The Morgan fingerprint density at radius 1 is 0.903 bits per heavy atom. The number of esters is 1. The lowest BCUT2D eigenvalue weighted by Gasteiger charge is -2.07. The van der Waals surface area contributed by atoms with Crippen molar-refractivity contribution in [2.24, 2.45) is 5.10 Å². The lowest BCUT2D eigenvalue weighted by Crippen LogP contribution is -2.32. The molecule has 0 spiro atoms. The second-order valence-corrected chi connectivity index (χ2v) is 7.57. The number of aryl methyl sites for hydroxylation is 1. The van der Waals surface area contributed by atoms with Crippen molar-refractivity contribution in [3.05, 3.63) is 93.1 Å². The second-order valence-electron chi connectivity index (χ2n) is 6.41. The zero-order chi connectivity index (χ0) is 22.2. The van der Waals surface area contributed by atoms with Gasteiger partial charge in [-0.05, 0) is 83.1 Å². The van der Waals surface area contributed by atoms with Crippen molar-refractivity contribution in [2.75, 3.05) is 5.32 Å². The fourth-order valence-electron chi connectivity index (χ4n) is 2.52. The Bertz CT molecular complexity index is 1140. The van der Waals surface area contributed by atoms with E-state index >= 15 is 0 Å². The van der Waals surface area contributed by atoms with E-state index in [1.807, 2.05) is 31.2 Å². The number of para-hydroxylation sites is 1. The van der Waals surface area contributed by atoms with E-state index < -0.39 is 17.8 Å². The van der Waals surface area contributed by atoms with Crippen LogP contribution < -0.4 is 15.5 Å². The number of carbonyl (C=O) groups excluding carboxylic acids is 3. The van der Waals surface area contributed by atoms with Gasteiger partial charge in [0.2, 0.25) is 0 Å². The Morgan fingerprint density at radius 3 is 2.29 bits per heavy atom. The van der Waals surface area contributed by atoms with Gasteiger partial charge in [0.25, 0.3) is 0 Å². The Kier molecular flexibility index (Phi) is 7.50. The van der Waals surface area contributed by atoms with Crippen LogP contribution in [0.5, 0.6) is 5.75 Å². The quantitative estimate of drug-likeness (QED) is 0.131. The van der Waals surface area contributed by atoms with Gasteiger partial charge in [-0.15, -0.1) is 0 Å². The number of carbonyl (C=O) groups is 3. The molecule has 0 aromatic heterocycles. The summed E-state index contributed by atoms with van der Waals surface area (Å²) in [5, 5.41) is 6.31. The number of halogens is 1. The molecule has 2 N–H and O–H groups in total. The Balaban J connectivity index is 1.53. The van der Waals surface area contributed by atoms with Crippen LogP contribution in [0.1, 0.15) is 21.5 Å². The third-order valence-electron chi connectivity index (χ3n) is 4.16. The molecule has 0 radical (unpaired) electrons. The summed E-state index contributed by atoms with van der Waals surface area (Å²) in [6.07, 6.45) is 1.38. The van der Waals surface area contributed by atoms with E-state index in [2.05, 4.69) is 38.4 Å². The van der Waals surface area contributed by atoms with Gasteiger partial charge < -0.3 is 10.1 Å². The standard InChI is InChI=1S/C23H18IN3O4/c1-15-6-2-5-9-20(15)26-21(28)22(29)27-25-14-16-10-12-17(13-11-16)31-23(30)18-7-3-4-8-19(18)24/h2-14H,1H3,(H,26,28)(H,27,29)/b25-14-. The smallest absolute Gasteiger partial charge is 0.344 e. The summed E-state index contributed by atoms with van der Waals surface area (Å²) in [7, 11) is 0. The molecule has 3 rings (SSSR count). The average Bonchev–Trinajstić information content (AvgIpc) is 2.76. The molecule has 2 amide bonds. The number of nitrogens with zero attached hydrogens (tertiary/aromatic N) is 1. The fourth-order valence-corrected chi connectivity index (χ4v) is 3.13. The number of ether oxygens (including phenoxy) is 1. The predicted molar refractivity (Wildman–Crippen MR) is 126 cm³/mol. The van der Waals surface area contributed by atoms with Gasteiger partial charge in [-0.3, -0.25) is 9.59 Å². The van der Waals surface area contributed by atoms with Crippen LogP contribution in [0, 0.1) is 10.5 Å². The summed E-state index contributed by atoms with van der Waals surface area (Å²) in [5.74, 6) is -1.77. The van der Waals surface area contributed by atoms with Gasteiger partial charge in [0.15, 0.2) is 0 Å². The van der Waals surface area contributed by atoms with Crippen molar-refractivity contribution in [2.45, 2.75) is 6.92 Å². The van der Waals surface area contributed by atoms with E-state index in [1.54, 1.807) is 48.5 Å². The molecule has 0 unspecified atom stereocenters. The highest BCUT2D eigenvalue weighted by atomic mass is 127. The Labute approximate surface area is 192 Å². The van der Waals surface area contributed by atoms with Gasteiger partial charge in [-0.1, -0.05) is 30.3 Å². The molecule has 0 heterocycles. The Hall–Kier alpha value is -3.53. The number of benzene rings is 3. The summed E-state index contributed by atoms with van der Waals surface area (Å²) in [6, 6.07) is 20.8. The third-order valence-corrected chi connectivity index (χ3v) is 5.10. The number of nitrogens with one attached hydrogen (secondary N) is 2. The van der Waals surface area contributed by atoms with Crippen molar-refractivity contribution in [3.8, 4) is 5.75 Å². The molecule has 0 aliphatic carbocycles. The zero-order valence-electron chi connectivity index (χ0n) is 16.5. The molecule has 156 valence electrons. The number of hydrogen-bond donors (Lipinski definition) is 2. The predicted octanol–water partition coefficient (Wildman–Crippen LogP) is 3.91. The van der Waals surface area contributed by atoms with Crippen molar-refractivity contribution >= 4 is 52.3 Å².